The van der Waals surface area contributed by atoms with Gasteiger partial charge in [-0.2, -0.15) is 0 Å². The number of fused-ring (bicyclic) bond motifs is 2. The fraction of sp³-hybridized carbons (Fsp3) is 0.381. The molecule has 0 spiro atoms. The molecule has 0 N–H and O–H groups in total. The standard InChI is InChI=1S/C21H22FN/c1-13-10-14(2)12-15(11-13)21-19-7-6-18-16(4-3-5-20(18)22)17(19)8-9-23-21/h3-6,8-10,13,15,19H,7,11-12H2,1-2H3. The van der Waals surface area contributed by atoms with Crippen LogP contribution in [0.4, 0.5) is 4.39 Å². The van der Waals surface area contributed by atoms with E-state index >= 15 is 0 Å². The molecule has 0 saturated heterocycles. The predicted octanol–water partition coefficient (Wildman–Crippen LogP) is 3.74. The van der Waals surface area contributed by atoms with Gasteiger partial charge in [-0.1, -0.05) is 36.8 Å². The first kappa shape index (κ1) is 14.6. The number of benzene rings is 1. The number of hydrogen-bond donors (Lipinski definition) is 0. The highest BCUT2D eigenvalue weighted by Gasteiger charge is 2.31. The molecule has 0 radical (unpaired) electrons. The van der Waals surface area contributed by atoms with E-state index in [1.165, 1.54) is 23.3 Å². The Morgan fingerprint density at radius 2 is 2.13 bits per heavy atom. The summed E-state index contributed by atoms with van der Waals surface area (Å²) in [6, 6.07) is 5.40. The lowest BCUT2D eigenvalue weighted by Crippen LogP contribution is -2.39. The van der Waals surface area contributed by atoms with Crippen LogP contribution in [0.2, 0.25) is 0 Å². The van der Waals surface area contributed by atoms with Crippen LogP contribution in [0.3, 0.4) is 0 Å². The molecule has 0 bridgehead atoms. The van der Waals surface area contributed by atoms with E-state index < -0.39 is 0 Å². The van der Waals surface area contributed by atoms with Crippen LogP contribution in [0.1, 0.15) is 33.1 Å². The molecule has 2 aliphatic carbocycles. The second-order valence-electron chi connectivity index (χ2n) is 7.15. The summed E-state index contributed by atoms with van der Waals surface area (Å²) in [5, 5.41) is 1.80. The third-order valence-electron chi connectivity index (χ3n) is 5.34. The van der Waals surface area contributed by atoms with E-state index in [2.05, 4.69) is 32.1 Å². The largest absolute Gasteiger partial charge is 0.265 e. The summed E-state index contributed by atoms with van der Waals surface area (Å²) in [6.45, 7) is 4.52. The molecule has 1 aliphatic heterocycles. The van der Waals surface area contributed by atoms with Crippen molar-refractivity contribution in [2.45, 2.75) is 33.1 Å². The number of hydrogen-bond acceptors (Lipinski definition) is 1. The lowest BCUT2D eigenvalue weighted by atomic mass is 9.73. The number of nitrogens with zero attached hydrogens (tertiary/aromatic N) is 1. The third-order valence-corrected chi connectivity index (χ3v) is 5.34. The van der Waals surface area contributed by atoms with Crippen LogP contribution in [0.15, 0.2) is 47.1 Å². The van der Waals surface area contributed by atoms with Gasteiger partial charge in [-0.15, -0.1) is 0 Å². The Balaban J connectivity index is 1.78. The van der Waals surface area contributed by atoms with Crippen molar-refractivity contribution in [2.24, 2.45) is 22.7 Å². The topological polar surface area (TPSA) is 12.4 Å². The van der Waals surface area contributed by atoms with E-state index in [-0.39, 0.29) is 5.82 Å². The maximum Gasteiger partial charge on any atom is 0.130 e. The van der Waals surface area contributed by atoms with E-state index in [1.807, 2.05) is 18.3 Å². The molecule has 0 aromatic heterocycles. The van der Waals surface area contributed by atoms with Crippen LogP contribution >= 0.6 is 0 Å². The molecule has 1 aromatic rings. The third kappa shape index (κ3) is 2.50. The minimum absolute atomic E-state index is 0.115. The number of allylic oxidation sites excluding steroid dienone is 3. The number of rotatable bonds is 1. The molecule has 0 amide bonds. The van der Waals surface area contributed by atoms with E-state index in [0.717, 1.165) is 23.3 Å². The fourth-order valence-corrected chi connectivity index (χ4v) is 4.48. The smallest absolute Gasteiger partial charge is 0.130 e. The minimum atomic E-state index is -0.115. The number of halogens is 1. The molecule has 3 unspecified atom stereocenters. The van der Waals surface area contributed by atoms with Crippen molar-refractivity contribution in [3.05, 3.63) is 58.4 Å². The predicted molar refractivity (Wildman–Crippen MR) is 93.9 cm³/mol. The van der Waals surface area contributed by atoms with Gasteiger partial charge in [0.2, 0.25) is 0 Å². The summed E-state index contributed by atoms with van der Waals surface area (Å²) in [6.07, 6.45) is 11.6. The van der Waals surface area contributed by atoms with Gasteiger partial charge < -0.3 is 0 Å². The fourth-order valence-electron chi connectivity index (χ4n) is 4.48. The molecule has 118 valence electrons. The zero-order chi connectivity index (χ0) is 16.0. The van der Waals surface area contributed by atoms with Crippen LogP contribution in [0.25, 0.3) is 11.6 Å². The molecule has 0 saturated carbocycles. The molecule has 1 nitrogen and oxygen atoms in total. The summed E-state index contributed by atoms with van der Waals surface area (Å²) >= 11 is 0. The minimum Gasteiger partial charge on any atom is -0.265 e. The second-order valence-corrected chi connectivity index (χ2v) is 7.15. The molecule has 3 atom stereocenters. The Hall–Kier alpha value is -1.96. The van der Waals surface area contributed by atoms with Crippen LogP contribution in [-0.4, -0.2) is 5.71 Å². The van der Waals surface area contributed by atoms with Crippen molar-refractivity contribution in [1.29, 1.82) is 0 Å². The molecule has 2 heteroatoms. The zero-order valence-electron chi connectivity index (χ0n) is 13.7. The van der Waals surface area contributed by atoms with Gasteiger partial charge in [0.25, 0.3) is 0 Å². The SMILES string of the molecule is CC1=CC(C)CC(C2=NC=CC3=c4cccc(F)c4=CCC23)C1. The van der Waals surface area contributed by atoms with E-state index in [0.29, 0.717) is 17.8 Å². The van der Waals surface area contributed by atoms with Crippen LogP contribution in [0.5, 0.6) is 0 Å². The van der Waals surface area contributed by atoms with Gasteiger partial charge in [0, 0.05) is 29.0 Å². The molecule has 1 aromatic carbocycles. The summed E-state index contributed by atoms with van der Waals surface area (Å²) in [4.78, 5) is 4.78. The van der Waals surface area contributed by atoms with Crippen molar-refractivity contribution in [3.63, 3.8) is 0 Å². The molecule has 3 aliphatic rings. The summed E-state index contributed by atoms with van der Waals surface area (Å²) < 4.78 is 14.1. The van der Waals surface area contributed by atoms with E-state index in [9.17, 15) is 4.39 Å². The first-order valence-corrected chi connectivity index (χ1v) is 8.54. The summed E-state index contributed by atoms with van der Waals surface area (Å²) in [5.41, 5.74) is 4.01. The Morgan fingerprint density at radius 3 is 2.96 bits per heavy atom. The molecule has 1 heterocycles. The van der Waals surface area contributed by atoms with E-state index in [4.69, 9.17) is 4.99 Å². The van der Waals surface area contributed by atoms with Gasteiger partial charge >= 0.3 is 0 Å². The Kier molecular flexibility index (Phi) is 3.56. The van der Waals surface area contributed by atoms with Crippen LogP contribution in [0, 0.1) is 23.6 Å². The number of aliphatic imine (C=N–C) groups is 1. The van der Waals surface area contributed by atoms with Gasteiger partial charge in [0.05, 0.1) is 0 Å². The second kappa shape index (κ2) is 5.59. The van der Waals surface area contributed by atoms with Crippen molar-refractivity contribution in [2.75, 3.05) is 0 Å². The first-order valence-electron chi connectivity index (χ1n) is 8.54. The maximum atomic E-state index is 14.1. The summed E-state index contributed by atoms with van der Waals surface area (Å²) in [5.74, 6) is 1.33. The molecule has 4 rings (SSSR count). The van der Waals surface area contributed by atoms with Crippen molar-refractivity contribution >= 4 is 17.4 Å². The average Bonchev–Trinajstić information content (AvgIpc) is 2.53. The monoisotopic (exact) mass is 307 g/mol. The quantitative estimate of drug-likeness (QED) is 0.701. The highest BCUT2D eigenvalue weighted by atomic mass is 19.1. The van der Waals surface area contributed by atoms with Gasteiger partial charge in [0.15, 0.2) is 0 Å². The summed E-state index contributed by atoms with van der Waals surface area (Å²) in [7, 11) is 0. The van der Waals surface area contributed by atoms with Crippen molar-refractivity contribution in [1.82, 2.24) is 0 Å². The molecular formula is C21H22FN. The lowest BCUT2D eigenvalue weighted by molar-refractivity contribution is 0.485. The highest BCUT2D eigenvalue weighted by molar-refractivity contribution is 6.00. The normalized spacial score (nSPS) is 29.2. The first-order chi connectivity index (χ1) is 11.1. The van der Waals surface area contributed by atoms with Gasteiger partial charge in [-0.05, 0) is 55.0 Å². The van der Waals surface area contributed by atoms with Crippen molar-refractivity contribution in [3.8, 4) is 0 Å². The van der Waals surface area contributed by atoms with E-state index in [1.54, 1.807) is 6.07 Å². The Morgan fingerprint density at radius 1 is 1.26 bits per heavy atom. The molecule has 23 heavy (non-hydrogen) atoms. The molecule has 0 fully saturated rings. The Labute approximate surface area is 136 Å². The van der Waals surface area contributed by atoms with Gasteiger partial charge in [-0.25, -0.2) is 4.39 Å². The zero-order valence-corrected chi connectivity index (χ0v) is 13.7. The Bertz CT molecular complexity index is 856. The van der Waals surface area contributed by atoms with Crippen molar-refractivity contribution < 1.29 is 4.39 Å². The maximum absolute atomic E-state index is 14.1. The van der Waals surface area contributed by atoms with Gasteiger partial charge in [0.1, 0.15) is 5.82 Å². The van der Waals surface area contributed by atoms with Crippen LogP contribution in [-0.2, 0) is 0 Å². The van der Waals surface area contributed by atoms with Crippen LogP contribution < -0.4 is 10.4 Å². The lowest BCUT2D eigenvalue weighted by Gasteiger charge is -2.33. The average molecular weight is 307 g/mol. The molecular weight excluding hydrogens is 285 g/mol. The van der Waals surface area contributed by atoms with Gasteiger partial charge in [-0.3, -0.25) is 4.99 Å². The highest BCUT2D eigenvalue weighted by Crippen LogP contribution is 2.36.